The van der Waals surface area contributed by atoms with Gasteiger partial charge in [0.15, 0.2) is 0 Å². The van der Waals surface area contributed by atoms with Crippen molar-refractivity contribution in [2.24, 2.45) is 15.6 Å². The molecule has 0 aromatic rings. The second kappa shape index (κ2) is 3.65. The molecule has 0 bridgehead atoms. The number of nitrogens with zero attached hydrogens (tertiary/aromatic N) is 2. The van der Waals surface area contributed by atoms with Crippen molar-refractivity contribution in [3.05, 3.63) is 0 Å². The molecule has 0 spiro atoms. The zero-order valence-electron chi connectivity index (χ0n) is 8.78. The van der Waals surface area contributed by atoms with Crippen LogP contribution in [0.2, 0.25) is 0 Å². The number of hydrogen-bond acceptors (Lipinski definition) is 5. The lowest BCUT2D eigenvalue weighted by Gasteiger charge is -2.28. The first-order valence-corrected chi connectivity index (χ1v) is 4.59. The molecule has 0 aliphatic carbocycles. The normalized spacial score (nSPS) is 18.0. The molecule has 1 rings (SSSR count). The van der Waals surface area contributed by atoms with Gasteiger partial charge in [0, 0.05) is 11.8 Å². The zero-order chi connectivity index (χ0) is 10.8. The highest BCUT2D eigenvalue weighted by molar-refractivity contribution is 5.69. The van der Waals surface area contributed by atoms with Gasteiger partial charge in [-0.05, 0) is 6.42 Å². The quantitative estimate of drug-likeness (QED) is 0.676. The largest absolute Gasteiger partial charge is 0.469 e. The minimum atomic E-state index is -0.680. The monoisotopic (exact) mass is 200 g/mol. The number of carbonyl (C=O) groups is 1. The van der Waals surface area contributed by atoms with Crippen molar-refractivity contribution in [2.45, 2.75) is 32.4 Å². The van der Waals surface area contributed by atoms with Crippen LogP contribution in [0, 0.1) is 5.41 Å². The third-order valence-corrected chi connectivity index (χ3v) is 2.83. The summed E-state index contributed by atoms with van der Waals surface area (Å²) in [5.74, 6) is -0.244. The molecule has 1 N–H and O–H groups in total. The Hall–Kier alpha value is -0.970. The number of carbonyl (C=O) groups excluding carboxylic acids is 1. The van der Waals surface area contributed by atoms with E-state index in [1.54, 1.807) is 0 Å². The summed E-state index contributed by atoms with van der Waals surface area (Å²) in [5.41, 5.74) is -0.975. The molecule has 5 heteroatoms. The van der Waals surface area contributed by atoms with E-state index in [-0.39, 0.29) is 18.0 Å². The maximum atomic E-state index is 10.9. The third kappa shape index (κ3) is 1.92. The van der Waals surface area contributed by atoms with Gasteiger partial charge in [-0.3, -0.25) is 4.79 Å². The highest BCUT2D eigenvalue weighted by Crippen LogP contribution is 2.47. The summed E-state index contributed by atoms with van der Waals surface area (Å²) in [5, 5.41) is 16.8. The molecule has 0 atom stereocenters. The molecule has 0 saturated carbocycles. The summed E-state index contributed by atoms with van der Waals surface area (Å²) < 4.78 is 4.55. The number of aliphatic hydroxyl groups is 1. The van der Waals surface area contributed by atoms with Crippen molar-refractivity contribution in [1.29, 1.82) is 0 Å². The summed E-state index contributed by atoms with van der Waals surface area (Å²) in [6.45, 7) is 3.78. The van der Waals surface area contributed by atoms with Crippen LogP contribution in [0.15, 0.2) is 10.2 Å². The third-order valence-electron chi connectivity index (χ3n) is 2.83. The lowest BCUT2D eigenvalue weighted by Crippen LogP contribution is -2.36. The topological polar surface area (TPSA) is 71.2 Å². The molecule has 80 valence electrons. The number of esters is 1. The van der Waals surface area contributed by atoms with Crippen molar-refractivity contribution in [2.75, 3.05) is 13.7 Å². The van der Waals surface area contributed by atoms with Crippen LogP contribution in [0.25, 0.3) is 0 Å². The molecule has 5 nitrogen and oxygen atoms in total. The molecule has 0 unspecified atom stereocenters. The first kappa shape index (κ1) is 11.1. The Kier molecular flexibility index (Phi) is 2.89. The van der Waals surface area contributed by atoms with Gasteiger partial charge in [-0.15, -0.1) is 0 Å². The Morgan fingerprint density at radius 1 is 1.50 bits per heavy atom. The second-order valence-electron chi connectivity index (χ2n) is 4.13. The van der Waals surface area contributed by atoms with E-state index in [9.17, 15) is 4.79 Å². The van der Waals surface area contributed by atoms with E-state index in [2.05, 4.69) is 15.0 Å². The zero-order valence-corrected chi connectivity index (χ0v) is 8.78. The van der Waals surface area contributed by atoms with Gasteiger partial charge in [-0.1, -0.05) is 13.8 Å². The molecule has 0 saturated heterocycles. The van der Waals surface area contributed by atoms with Gasteiger partial charge in [-0.2, -0.15) is 10.2 Å². The Bertz CT molecular complexity index is 255. The van der Waals surface area contributed by atoms with Crippen molar-refractivity contribution in [3.8, 4) is 0 Å². The molecule has 0 aromatic heterocycles. The lowest BCUT2D eigenvalue weighted by atomic mass is 9.78. The van der Waals surface area contributed by atoms with Crippen LogP contribution in [-0.4, -0.2) is 30.5 Å². The lowest BCUT2D eigenvalue weighted by molar-refractivity contribution is -0.141. The molecule has 1 heterocycles. The van der Waals surface area contributed by atoms with Crippen LogP contribution in [-0.2, 0) is 9.53 Å². The fraction of sp³-hybridized carbons (Fsp3) is 0.889. The molecule has 0 radical (unpaired) electrons. The van der Waals surface area contributed by atoms with Crippen LogP contribution < -0.4 is 0 Å². The van der Waals surface area contributed by atoms with E-state index in [0.29, 0.717) is 12.8 Å². The molecular weight excluding hydrogens is 184 g/mol. The molecule has 0 aromatic carbocycles. The molecule has 0 amide bonds. The van der Waals surface area contributed by atoms with Gasteiger partial charge in [0.1, 0.15) is 0 Å². The predicted octanol–water partition coefficient (Wildman–Crippen LogP) is 1.12. The van der Waals surface area contributed by atoms with Crippen LogP contribution in [0.4, 0.5) is 0 Å². The van der Waals surface area contributed by atoms with Gasteiger partial charge in [0.05, 0.1) is 13.7 Å². The summed E-state index contributed by atoms with van der Waals surface area (Å²) in [4.78, 5) is 10.9. The minimum absolute atomic E-state index is 0.0961. The maximum absolute atomic E-state index is 10.9. The Labute approximate surface area is 83.2 Å². The number of rotatable bonds is 5. The van der Waals surface area contributed by atoms with Crippen molar-refractivity contribution >= 4 is 5.97 Å². The minimum Gasteiger partial charge on any atom is -0.469 e. The van der Waals surface area contributed by atoms with Crippen LogP contribution >= 0.6 is 0 Å². The van der Waals surface area contributed by atoms with Gasteiger partial charge >= 0.3 is 5.97 Å². The fourth-order valence-electron chi connectivity index (χ4n) is 1.33. The number of aliphatic hydroxyl groups excluding tert-OH is 1. The average molecular weight is 200 g/mol. The second-order valence-corrected chi connectivity index (χ2v) is 4.13. The summed E-state index contributed by atoms with van der Waals surface area (Å²) in [7, 11) is 1.36. The molecule has 14 heavy (non-hydrogen) atoms. The fourth-order valence-corrected chi connectivity index (χ4v) is 1.33. The summed E-state index contributed by atoms with van der Waals surface area (Å²) >= 11 is 0. The Morgan fingerprint density at radius 3 is 2.43 bits per heavy atom. The van der Waals surface area contributed by atoms with Crippen LogP contribution in [0.5, 0.6) is 0 Å². The number of methoxy groups -OCH3 is 1. The first-order valence-electron chi connectivity index (χ1n) is 4.59. The van der Waals surface area contributed by atoms with E-state index in [1.807, 2.05) is 13.8 Å². The number of hydrogen-bond donors (Lipinski definition) is 1. The smallest absolute Gasteiger partial charge is 0.305 e. The van der Waals surface area contributed by atoms with Gasteiger partial charge in [0.25, 0.3) is 0 Å². The standard InChI is InChI=1S/C9H16N2O3/c1-8(2,5-4-7(13)14-3)9(6-12)10-11-9/h12H,4-6H2,1-3H3. The summed E-state index contributed by atoms with van der Waals surface area (Å²) in [6.07, 6.45) is 0.934. The highest BCUT2D eigenvalue weighted by atomic mass is 16.5. The van der Waals surface area contributed by atoms with Crippen molar-refractivity contribution < 1.29 is 14.6 Å². The van der Waals surface area contributed by atoms with Gasteiger partial charge in [0.2, 0.25) is 5.66 Å². The van der Waals surface area contributed by atoms with Crippen molar-refractivity contribution in [3.63, 3.8) is 0 Å². The highest BCUT2D eigenvalue weighted by Gasteiger charge is 2.53. The first-order chi connectivity index (χ1) is 6.47. The average Bonchev–Trinajstić information content (AvgIpc) is 2.95. The van der Waals surface area contributed by atoms with Gasteiger partial charge in [-0.25, -0.2) is 0 Å². The number of ether oxygens (including phenoxy) is 1. The Balaban J connectivity index is 2.46. The van der Waals surface area contributed by atoms with Crippen LogP contribution in [0.1, 0.15) is 26.7 Å². The molecule has 1 aliphatic rings. The SMILES string of the molecule is COC(=O)CCC(C)(C)C1(CO)N=N1. The molecular formula is C9H16N2O3. The summed E-state index contributed by atoms with van der Waals surface area (Å²) in [6, 6.07) is 0. The van der Waals surface area contributed by atoms with E-state index in [0.717, 1.165) is 0 Å². The van der Waals surface area contributed by atoms with E-state index in [1.165, 1.54) is 7.11 Å². The maximum Gasteiger partial charge on any atom is 0.305 e. The molecule has 0 fully saturated rings. The van der Waals surface area contributed by atoms with Crippen LogP contribution in [0.3, 0.4) is 0 Å². The van der Waals surface area contributed by atoms with E-state index >= 15 is 0 Å². The van der Waals surface area contributed by atoms with Crippen molar-refractivity contribution in [1.82, 2.24) is 0 Å². The van der Waals surface area contributed by atoms with E-state index < -0.39 is 5.66 Å². The predicted molar refractivity (Wildman–Crippen MR) is 49.7 cm³/mol. The van der Waals surface area contributed by atoms with Gasteiger partial charge < -0.3 is 9.84 Å². The van der Waals surface area contributed by atoms with E-state index in [4.69, 9.17) is 5.11 Å². The Morgan fingerprint density at radius 2 is 2.07 bits per heavy atom. The molecule has 1 aliphatic heterocycles.